The number of esters is 1. The molecule has 0 radical (unpaired) electrons. The van der Waals surface area contributed by atoms with Crippen LogP contribution in [0.15, 0.2) is 84.9 Å². The molecule has 8 nitrogen and oxygen atoms in total. The number of hydrazine groups is 1. The van der Waals surface area contributed by atoms with Crippen molar-refractivity contribution in [1.82, 2.24) is 15.3 Å². The van der Waals surface area contributed by atoms with E-state index in [1.807, 2.05) is 36.4 Å². The van der Waals surface area contributed by atoms with Crippen molar-refractivity contribution >= 4 is 23.8 Å². The number of benzene rings is 3. The number of rotatable bonds is 7. The third-order valence-corrected chi connectivity index (χ3v) is 5.70. The molecule has 3 aromatic rings. The summed E-state index contributed by atoms with van der Waals surface area (Å²) >= 11 is 0. The Morgan fingerprint density at radius 1 is 0.811 bits per heavy atom. The summed E-state index contributed by atoms with van der Waals surface area (Å²) in [7, 11) is 0. The number of imide groups is 1. The van der Waals surface area contributed by atoms with E-state index in [9.17, 15) is 19.2 Å². The first-order valence-corrected chi connectivity index (χ1v) is 12.0. The molecule has 0 saturated heterocycles. The number of urea groups is 1. The van der Waals surface area contributed by atoms with Gasteiger partial charge in [-0.3, -0.25) is 9.59 Å². The molecule has 37 heavy (non-hydrogen) atoms. The van der Waals surface area contributed by atoms with E-state index in [-0.39, 0.29) is 24.1 Å². The molecule has 4 rings (SSSR count). The Morgan fingerprint density at radius 3 is 1.81 bits per heavy atom. The van der Waals surface area contributed by atoms with Crippen molar-refractivity contribution in [2.24, 2.45) is 0 Å². The highest BCUT2D eigenvalue weighted by Gasteiger charge is 2.42. The van der Waals surface area contributed by atoms with Crippen LogP contribution >= 0.6 is 0 Å². The molecule has 1 atom stereocenters. The zero-order valence-electron chi connectivity index (χ0n) is 21.0. The molecule has 0 aromatic heterocycles. The van der Waals surface area contributed by atoms with Crippen molar-refractivity contribution in [3.63, 3.8) is 0 Å². The zero-order valence-corrected chi connectivity index (χ0v) is 21.0. The number of carbonyl (C=O) groups is 4. The van der Waals surface area contributed by atoms with Crippen molar-refractivity contribution in [1.29, 1.82) is 0 Å². The highest BCUT2D eigenvalue weighted by molar-refractivity contribution is 6.21. The van der Waals surface area contributed by atoms with Gasteiger partial charge in [-0.1, -0.05) is 72.8 Å². The van der Waals surface area contributed by atoms with Gasteiger partial charge in [-0.05, 0) is 44.0 Å². The molecule has 4 amide bonds. The van der Waals surface area contributed by atoms with E-state index < -0.39 is 35.5 Å². The Kier molecular flexibility index (Phi) is 7.38. The lowest BCUT2D eigenvalue weighted by Gasteiger charge is -2.32. The molecule has 0 spiro atoms. The number of ether oxygens (including phenoxy) is 1. The fourth-order valence-corrected chi connectivity index (χ4v) is 4.03. The quantitative estimate of drug-likeness (QED) is 0.385. The smallest absolute Gasteiger partial charge is 0.337 e. The summed E-state index contributed by atoms with van der Waals surface area (Å²) in [6.07, 6.45) is 0.169. The van der Waals surface area contributed by atoms with Crippen molar-refractivity contribution in [3.8, 4) is 0 Å². The van der Waals surface area contributed by atoms with Crippen LogP contribution in [0.2, 0.25) is 0 Å². The SMILES string of the molecule is CC(C)(C)OC(=O)[C@H](Cc1ccccc1)NC(=O)N(Cc1ccccc1)N1C(=O)c2ccccc2C1=O. The van der Waals surface area contributed by atoms with Crippen LogP contribution in [0, 0.1) is 0 Å². The van der Waals surface area contributed by atoms with Crippen LogP contribution in [0.3, 0.4) is 0 Å². The Bertz CT molecular complexity index is 1270. The minimum atomic E-state index is -1.05. The van der Waals surface area contributed by atoms with Crippen LogP contribution in [-0.4, -0.2) is 45.5 Å². The van der Waals surface area contributed by atoms with E-state index in [1.165, 1.54) is 0 Å². The molecule has 0 fully saturated rings. The fourth-order valence-electron chi connectivity index (χ4n) is 4.03. The van der Waals surface area contributed by atoms with Crippen LogP contribution in [-0.2, 0) is 22.5 Å². The van der Waals surface area contributed by atoms with E-state index in [0.29, 0.717) is 5.56 Å². The predicted molar refractivity (Wildman–Crippen MR) is 137 cm³/mol. The van der Waals surface area contributed by atoms with Gasteiger partial charge in [0.05, 0.1) is 17.7 Å². The molecule has 190 valence electrons. The van der Waals surface area contributed by atoms with Gasteiger partial charge < -0.3 is 10.1 Å². The van der Waals surface area contributed by atoms with Gasteiger partial charge in [0.15, 0.2) is 0 Å². The van der Waals surface area contributed by atoms with Crippen molar-refractivity contribution < 1.29 is 23.9 Å². The average Bonchev–Trinajstić information content (AvgIpc) is 3.12. The Hall–Kier alpha value is -4.46. The number of hydrogen-bond donors (Lipinski definition) is 1. The Morgan fingerprint density at radius 2 is 1.30 bits per heavy atom. The van der Waals surface area contributed by atoms with Crippen LogP contribution in [0.1, 0.15) is 52.6 Å². The maximum Gasteiger partial charge on any atom is 0.337 e. The second kappa shape index (κ2) is 10.7. The molecule has 1 aliphatic heterocycles. The van der Waals surface area contributed by atoms with Crippen LogP contribution < -0.4 is 5.32 Å². The number of amides is 4. The summed E-state index contributed by atoms with van der Waals surface area (Å²) in [5.41, 5.74) is 1.17. The van der Waals surface area contributed by atoms with E-state index in [0.717, 1.165) is 15.6 Å². The number of carbonyl (C=O) groups excluding carboxylic acids is 4. The van der Waals surface area contributed by atoms with Gasteiger partial charge >= 0.3 is 12.0 Å². The highest BCUT2D eigenvalue weighted by atomic mass is 16.6. The fraction of sp³-hybridized carbons (Fsp3) is 0.241. The number of hydrogen-bond acceptors (Lipinski definition) is 5. The summed E-state index contributed by atoms with van der Waals surface area (Å²) in [5, 5.41) is 4.60. The lowest BCUT2D eigenvalue weighted by Crippen LogP contribution is -2.56. The van der Waals surface area contributed by atoms with Gasteiger partial charge in [0.2, 0.25) is 0 Å². The second-order valence-corrected chi connectivity index (χ2v) is 9.74. The number of fused-ring (bicyclic) bond motifs is 1. The standard InChI is InChI=1S/C29H29N3O5/c1-29(2,3)37-27(35)24(18-20-12-6-4-7-13-20)30-28(36)31(19-21-14-8-5-9-15-21)32-25(33)22-16-10-11-17-23(22)26(32)34/h4-17,24H,18-19H2,1-3H3,(H,30,36)/t24-/m0/s1. The van der Waals surface area contributed by atoms with Gasteiger partial charge in [0.1, 0.15) is 11.6 Å². The van der Waals surface area contributed by atoms with Gasteiger partial charge in [-0.25, -0.2) is 14.6 Å². The first-order valence-electron chi connectivity index (χ1n) is 12.0. The molecular formula is C29H29N3O5. The molecule has 1 heterocycles. The normalized spacial score (nSPS) is 13.6. The predicted octanol–water partition coefficient (Wildman–Crippen LogP) is 4.36. The van der Waals surface area contributed by atoms with E-state index >= 15 is 0 Å². The van der Waals surface area contributed by atoms with Crippen LogP contribution in [0.4, 0.5) is 4.79 Å². The molecule has 1 aliphatic rings. The minimum Gasteiger partial charge on any atom is -0.458 e. The first-order chi connectivity index (χ1) is 17.6. The summed E-state index contributed by atoms with van der Waals surface area (Å²) in [6, 6.07) is 22.8. The number of nitrogens with one attached hydrogen (secondary N) is 1. The molecule has 3 aromatic carbocycles. The molecule has 0 aliphatic carbocycles. The van der Waals surface area contributed by atoms with Crippen LogP contribution in [0.5, 0.6) is 0 Å². The number of nitrogens with zero attached hydrogens (tertiary/aromatic N) is 2. The van der Waals surface area contributed by atoms with Crippen molar-refractivity contribution in [2.45, 2.75) is 45.4 Å². The average molecular weight is 500 g/mol. The Labute approximate surface area is 215 Å². The molecule has 1 N–H and O–H groups in total. The third kappa shape index (κ3) is 6.03. The van der Waals surface area contributed by atoms with Gasteiger partial charge in [-0.15, -0.1) is 0 Å². The van der Waals surface area contributed by atoms with E-state index in [4.69, 9.17) is 4.74 Å². The molecule has 0 saturated carbocycles. The Balaban J connectivity index is 1.65. The monoisotopic (exact) mass is 499 g/mol. The lowest BCUT2D eigenvalue weighted by atomic mass is 10.1. The molecule has 0 unspecified atom stereocenters. The summed E-state index contributed by atoms with van der Waals surface area (Å²) in [4.78, 5) is 53.3. The van der Waals surface area contributed by atoms with Gasteiger partial charge in [-0.2, -0.15) is 5.01 Å². The summed E-state index contributed by atoms with van der Waals surface area (Å²) in [6.45, 7) is 5.16. The maximum atomic E-state index is 13.7. The molecular weight excluding hydrogens is 470 g/mol. The minimum absolute atomic E-state index is 0.0650. The summed E-state index contributed by atoms with van der Waals surface area (Å²) in [5.74, 6) is -1.83. The van der Waals surface area contributed by atoms with Crippen molar-refractivity contribution in [3.05, 3.63) is 107 Å². The largest absolute Gasteiger partial charge is 0.458 e. The highest BCUT2D eigenvalue weighted by Crippen LogP contribution is 2.25. The van der Waals surface area contributed by atoms with E-state index in [1.54, 1.807) is 69.3 Å². The van der Waals surface area contributed by atoms with Crippen molar-refractivity contribution in [2.75, 3.05) is 0 Å². The topological polar surface area (TPSA) is 96.0 Å². The second-order valence-electron chi connectivity index (χ2n) is 9.74. The summed E-state index contributed by atoms with van der Waals surface area (Å²) < 4.78 is 5.57. The third-order valence-electron chi connectivity index (χ3n) is 5.70. The molecule has 8 heteroatoms. The molecule has 0 bridgehead atoms. The van der Waals surface area contributed by atoms with Gasteiger partial charge in [0, 0.05) is 6.42 Å². The lowest BCUT2D eigenvalue weighted by molar-refractivity contribution is -0.157. The first kappa shape index (κ1) is 25.6. The maximum absolute atomic E-state index is 13.7. The van der Waals surface area contributed by atoms with Gasteiger partial charge in [0.25, 0.3) is 11.8 Å². The zero-order chi connectivity index (χ0) is 26.6. The van der Waals surface area contributed by atoms with Crippen LogP contribution in [0.25, 0.3) is 0 Å². The van der Waals surface area contributed by atoms with E-state index in [2.05, 4.69) is 5.32 Å².